The monoisotopic (exact) mass is 689 g/mol. The second kappa shape index (κ2) is 12.1. The molecule has 0 radical (unpaired) electrons. The van der Waals surface area contributed by atoms with Gasteiger partial charge in [-0.2, -0.15) is 5.26 Å². The summed E-state index contributed by atoms with van der Waals surface area (Å²) in [6, 6.07) is 64.9. The molecule has 54 heavy (non-hydrogen) atoms. The third kappa shape index (κ3) is 4.67. The first-order valence-electron chi connectivity index (χ1n) is 18.5. The Morgan fingerprint density at radius 2 is 0.926 bits per heavy atom. The number of rotatable bonds is 4. The van der Waals surface area contributed by atoms with Gasteiger partial charge in [0.25, 0.3) is 0 Å². The second-order valence-electron chi connectivity index (χ2n) is 14.9. The third-order valence-corrected chi connectivity index (χ3v) is 11.6. The first-order chi connectivity index (χ1) is 26.5. The van der Waals surface area contributed by atoms with Crippen molar-refractivity contribution in [3.05, 3.63) is 215 Å². The smallest absolute Gasteiger partial charge is 0.160 e. The Morgan fingerprint density at radius 3 is 1.59 bits per heavy atom. The third-order valence-electron chi connectivity index (χ3n) is 11.6. The Hall–Kier alpha value is -6.89. The summed E-state index contributed by atoms with van der Waals surface area (Å²) in [4.78, 5) is 9.99. The van der Waals surface area contributed by atoms with E-state index in [2.05, 4.69) is 153 Å². The van der Waals surface area contributed by atoms with E-state index in [1.807, 2.05) is 36.4 Å². The van der Waals surface area contributed by atoms with Crippen molar-refractivity contribution in [1.29, 1.82) is 5.26 Å². The topological polar surface area (TPSA) is 49.6 Å². The largest absolute Gasteiger partial charge is 0.228 e. The molecular formula is C51H35N3. The number of fused-ring (bicyclic) bond motifs is 9. The first kappa shape index (κ1) is 31.8. The predicted octanol–water partition coefficient (Wildman–Crippen LogP) is 12.0. The van der Waals surface area contributed by atoms with Crippen LogP contribution in [0, 0.1) is 11.3 Å². The van der Waals surface area contributed by atoms with Crippen LogP contribution >= 0.6 is 0 Å². The van der Waals surface area contributed by atoms with Gasteiger partial charge in [0.15, 0.2) is 5.82 Å². The molecule has 8 aromatic rings. The highest BCUT2D eigenvalue weighted by atomic mass is 14.9. The van der Waals surface area contributed by atoms with Crippen LogP contribution in [0.2, 0.25) is 0 Å². The van der Waals surface area contributed by atoms with Crippen molar-refractivity contribution in [1.82, 2.24) is 9.97 Å². The molecule has 2 aliphatic carbocycles. The summed E-state index contributed by atoms with van der Waals surface area (Å²) in [6.07, 6.45) is 0. The molecule has 0 saturated heterocycles. The standard InChI is InChI=1S/C51H35N3/c1-50(2)42-19-8-10-21-44(42)51(45-22-11-9-20-43(45)50)41-18-7-6-17-39(41)40-28-27-37(30-46(40)51)34-23-25-36(26-24-34)48-31-47(35-14-4-3-5-15-35)53-49(54-48)38-16-12-13-33(29-38)32-52/h3-31H,1-2H3. The highest BCUT2D eigenvalue weighted by molar-refractivity contribution is 5.90. The number of hydrogen-bond donors (Lipinski definition) is 0. The summed E-state index contributed by atoms with van der Waals surface area (Å²) < 4.78 is 0. The van der Waals surface area contributed by atoms with Crippen molar-refractivity contribution in [2.24, 2.45) is 0 Å². The minimum atomic E-state index is -0.432. The lowest BCUT2D eigenvalue weighted by atomic mass is 9.55. The van der Waals surface area contributed by atoms with Gasteiger partial charge in [0.05, 0.1) is 28.4 Å². The molecule has 0 saturated carbocycles. The lowest BCUT2D eigenvalue weighted by Gasteiger charge is -2.46. The molecule has 0 amide bonds. The molecular weight excluding hydrogens is 655 g/mol. The van der Waals surface area contributed by atoms with Crippen molar-refractivity contribution in [3.63, 3.8) is 0 Å². The van der Waals surface area contributed by atoms with Gasteiger partial charge in [0, 0.05) is 22.1 Å². The Morgan fingerprint density at radius 1 is 0.407 bits per heavy atom. The summed E-state index contributed by atoms with van der Waals surface area (Å²) >= 11 is 0. The van der Waals surface area contributed by atoms with E-state index in [4.69, 9.17) is 9.97 Å². The van der Waals surface area contributed by atoms with Crippen molar-refractivity contribution in [2.75, 3.05) is 0 Å². The number of benzene rings is 7. The van der Waals surface area contributed by atoms with Gasteiger partial charge in [-0.1, -0.05) is 166 Å². The normalized spacial score (nSPS) is 14.0. The average Bonchev–Trinajstić information content (AvgIpc) is 3.53. The van der Waals surface area contributed by atoms with Gasteiger partial charge >= 0.3 is 0 Å². The Kier molecular flexibility index (Phi) is 7.12. The number of aromatic nitrogens is 2. The molecule has 0 unspecified atom stereocenters. The maximum Gasteiger partial charge on any atom is 0.160 e. The molecule has 0 fully saturated rings. The molecule has 2 aliphatic rings. The summed E-state index contributed by atoms with van der Waals surface area (Å²) in [6.45, 7) is 4.73. The fraction of sp³-hybridized carbons (Fsp3) is 0.0784. The van der Waals surface area contributed by atoms with Crippen LogP contribution in [0.4, 0.5) is 0 Å². The van der Waals surface area contributed by atoms with Crippen LogP contribution in [0.15, 0.2) is 176 Å². The summed E-state index contributed by atoms with van der Waals surface area (Å²) in [5.41, 5.74) is 17.5. The van der Waals surface area contributed by atoms with Gasteiger partial charge in [0.2, 0.25) is 0 Å². The van der Waals surface area contributed by atoms with Crippen LogP contribution in [0.5, 0.6) is 0 Å². The van der Waals surface area contributed by atoms with E-state index in [9.17, 15) is 5.26 Å². The van der Waals surface area contributed by atoms with Gasteiger partial charge in [-0.25, -0.2) is 9.97 Å². The summed E-state index contributed by atoms with van der Waals surface area (Å²) in [5.74, 6) is 0.590. The molecule has 1 heterocycles. The quantitative estimate of drug-likeness (QED) is 0.185. The zero-order valence-electron chi connectivity index (χ0n) is 30.1. The predicted molar refractivity (Wildman–Crippen MR) is 218 cm³/mol. The van der Waals surface area contributed by atoms with E-state index in [0.29, 0.717) is 11.4 Å². The van der Waals surface area contributed by atoms with Gasteiger partial charge < -0.3 is 0 Å². The number of nitriles is 1. The van der Waals surface area contributed by atoms with E-state index in [1.165, 1.54) is 50.1 Å². The Labute approximate surface area is 315 Å². The maximum atomic E-state index is 9.58. The van der Waals surface area contributed by atoms with Crippen LogP contribution in [-0.4, -0.2) is 9.97 Å². The van der Waals surface area contributed by atoms with Crippen molar-refractivity contribution >= 4 is 0 Å². The molecule has 10 rings (SSSR count). The van der Waals surface area contributed by atoms with Gasteiger partial charge in [-0.3, -0.25) is 0 Å². The van der Waals surface area contributed by atoms with Gasteiger partial charge in [-0.15, -0.1) is 0 Å². The average molecular weight is 690 g/mol. The number of hydrogen-bond acceptors (Lipinski definition) is 3. The lowest BCUT2D eigenvalue weighted by Crippen LogP contribution is -2.40. The molecule has 7 aromatic carbocycles. The van der Waals surface area contributed by atoms with E-state index >= 15 is 0 Å². The minimum Gasteiger partial charge on any atom is -0.228 e. The molecule has 0 aliphatic heterocycles. The van der Waals surface area contributed by atoms with Gasteiger partial charge in [0.1, 0.15) is 0 Å². The van der Waals surface area contributed by atoms with Crippen molar-refractivity contribution in [2.45, 2.75) is 24.7 Å². The zero-order valence-corrected chi connectivity index (χ0v) is 30.1. The van der Waals surface area contributed by atoms with Crippen LogP contribution in [0.3, 0.4) is 0 Å². The van der Waals surface area contributed by atoms with Crippen molar-refractivity contribution in [3.8, 4) is 62.2 Å². The molecule has 0 atom stereocenters. The highest BCUT2D eigenvalue weighted by Crippen LogP contribution is 2.62. The van der Waals surface area contributed by atoms with Crippen LogP contribution in [0.25, 0.3) is 56.2 Å². The highest BCUT2D eigenvalue weighted by Gasteiger charge is 2.53. The van der Waals surface area contributed by atoms with E-state index in [0.717, 1.165) is 33.6 Å². The van der Waals surface area contributed by atoms with E-state index < -0.39 is 5.41 Å². The van der Waals surface area contributed by atoms with Crippen LogP contribution < -0.4 is 0 Å². The Bertz CT molecular complexity index is 2760. The number of nitrogens with zero attached hydrogens (tertiary/aromatic N) is 3. The van der Waals surface area contributed by atoms with E-state index in [-0.39, 0.29) is 5.41 Å². The van der Waals surface area contributed by atoms with E-state index in [1.54, 1.807) is 6.07 Å². The molecule has 1 spiro atoms. The maximum absolute atomic E-state index is 9.58. The van der Waals surface area contributed by atoms with Crippen LogP contribution in [-0.2, 0) is 10.8 Å². The molecule has 1 aromatic heterocycles. The minimum absolute atomic E-state index is 0.136. The fourth-order valence-corrected chi connectivity index (χ4v) is 9.08. The fourth-order valence-electron chi connectivity index (χ4n) is 9.08. The van der Waals surface area contributed by atoms with Gasteiger partial charge in [-0.05, 0) is 79.9 Å². The second-order valence-corrected chi connectivity index (χ2v) is 14.9. The first-order valence-corrected chi connectivity index (χ1v) is 18.5. The zero-order chi connectivity index (χ0) is 36.4. The summed E-state index contributed by atoms with van der Waals surface area (Å²) in [7, 11) is 0. The molecule has 0 bridgehead atoms. The van der Waals surface area contributed by atoms with Crippen LogP contribution in [0.1, 0.15) is 52.8 Å². The Balaban J connectivity index is 1.12. The van der Waals surface area contributed by atoms with Crippen molar-refractivity contribution < 1.29 is 0 Å². The molecule has 0 N–H and O–H groups in total. The molecule has 3 heteroatoms. The molecule has 3 nitrogen and oxygen atoms in total. The SMILES string of the molecule is CC1(C)c2ccccc2C2(c3ccccc3-c3ccc(-c4ccc(-c5cc(-c6ccccc6)nc(-c6cccc(C#N)c6)n5)cc4)cc32)c2ccccc21. The lowest BCUT2D eigenvalue weighted by molar-refractivity contribution is 0.563. The molecule has 254 valence electrons. The summed E-state index contributed by atoms with van der Waals surface area (Å²) in [5, 5.41) is 9.58.